The van der Waals surface area contributed by atoms with Gasteiger partial charge in [-0.1, -0.05) is 6.08 Å². The number of aromatic amines is 1. The van der Waals surface area contributed by atoms with Crippen molar-refractivity contribution in [2.45, 2.75) is 18.9 Å². The van der Waals surface area contributed by atoms with Crippen LogP contribution in [-0.4, -0.2) is 52.1 Å². The summed E-state index contributed by atoms with van der Waals surface area (Å²) in [5.74, 6) is 0. The number of fused-ring (bicyclic) bond motifs is 1. The molecular weight excluding hydrogens is 376 g/mol. The second-order valence-corrected chi connectivity index (χ2v) is 7.78. The van der Waals surface area contributed by atoms with Gasteiger partial charge < -0.3 is 9.88 Å². The van der Waals surface area contributed by atoms with Crippen molar-refractivity contribution in [2.24, 2.45) is 0 Å². The van der Waals surface area contributed by atoms with Crippen molar-refractivity contribution in [1.82, 2.24) is 19.9 Å². The van der Waals surface area contributed by atoms with Crippen molar-refractivity contribution in [2.75, 3.05) is 31.1 Å². The number of rotatable bonds is 3. The first-order valence-electron chi connectivity index (χ1n) is 10.3. The van der Waals surface area contributed by atoms with Crippen LogP contribution in [0.3, 0.4) is 0 Å². The summed E-state index contributed by atoms with van der Waals surface area (Å²) in [5, 5.41) is 8.96. The number of anilines is 1. The Kier molecular flexibility index (Phi) is 4.77. The number of nitriles is 1. The number of aromatic nitrogens is 3. The molecular formula is C23H22N6O. The van der Waals surface area contributed by atoms with Crippen molar-refractivity contribution in [3.63, 3.8) is 0 Å². The molecule has 0 amide bonds. The van der Waals surface area contributed by atoms with E-state index >= 15 is 0 Å². The molecule has 0 spiro atoms. The fourth-order valence-electron chi connectivity index (χ4n) is 4.43. The number of nitrogens with one attached hydrogen (secondary N) is 1. The highest BCUT2D eigenvalue weighted by atomic mass is 16.1. The molecule has 2 aromatic heterocycles. The van der Waals surface area contributed by atoms with Gasteiger partial charge in [-0.15, -0.1) is 0 Å². The molecule has 7 nitrogen and oxygen atoms in total. The zero-order valence-electron chi connectivity index (χ0n) is 16.6. The van der Waals surface area contributed by atoms with Crippen LogP contribution in [0.25, 0.3) is 16.6 Å². The van der Waals surface area contributed by atoms with E-state index in [-0.39, 0.29) is 5.56 Å². The third-order valence-corrected chi connectivity index (χ3v) is 6.06. The Hall–Kier alpha value is -3.50. The molecule has 2 aliphatic rings. The predicted octanol–water partition coefficient (Wildman–Crippen LogP) is 2.56. The van der Waals surface area contributed by atoms with E-state index in [1.807, 2.05) is 30.3 Å². The van der Waals surface area contributed by atoms with Crippen molar-refractivity contribution >= 4 is 22.3 Å². The summed E-state index contributed by atoms with van der Waals surface area (Å²) in [6.45, 7) is 3.92. The number of hydrogen-bond acceptors (Lipinski definition) is 6. The quantitative estimate of drug-likeness (QED) is 0.729. The van der Waals surface area contributed by atoms with E-state index in [1.54, 1.807) is 12.4 Å². The van der Waals surface area contributed by atoms with E-state index < -0.39 is 0 Å². The largest absolute Gasteiger partial charge is 0.369 e. The molecule has 3 heterocycles. The molecule has 1 aromatic carbocycles. The summed E-state index contributed by atoms with van der Waals surface area (Å²) in [4.78, 5) is 28.6. The second kappa shape index (κ2) is 7.73. The van der Waals surface area contributed by atoms with Gasteiger partial charge in [0.2, 0.25) is 0 Å². The van der Waals surface area contributed by atoms with Crippen LogP contribution >= 0.6 is 0 Å². The Morgan fingerprint density at radius 2 is 1.83 bits per heavy atom. The minimum absolute atomic E-state index is 0.184. The van der Waals surface area contributed by atoms with Crippen LogP contribution in [0.4, 0.5) is 5.69 Å². The van der Waals surface area contributed by atoms with Crippen LogP contribution in [-0.2, 0) is 0 Å². The number of benzene rings is 1. The summed E-state index contributed by atoms with van der Waals surface area (Å²) < 4.78 is 0. The second-order valence-electron chi connectivity index (χ2n) is 7.78. The third kappa shape index (κ3) is 3.46. The molecule has 30 heavy (non-hydrogen) atoms. The summed E-state index contributed by atoms with van der Waals surface area (Å²) in [6.07, 6.45) is 7.46. The lowest BCUT2D eigenvalue weighted by atomic mass is 10.1. The number of nitrogens with zero attached hydrogens (tertiary/aromatic N) is 5. The van der Waals surface area contributed by atoms with Crippen molar-refractivity contribution in [3.05, 3.63) is 70.4 Å². The lowest BCUT2D eigenvalue weighted by molar-refractivity contribution is 0.214. The first-order chi connectivity index (χ1) is 14.7. The number of allylic oxidation sites excluding steroid dienone is 1. The van der Waals surface area contributed by atoms with Crippen molar-refractivity contribution in [1.29, 1.82) is 5.26 Å². The van der Waals surface area contributed by atoms with E-state index in [0.717, 1.165) is 44.7 Å². The van der Waals surface area contributed by atoms with E-state index in [0.29, 0.717) is 22.6 Å². The molecule has 0 bridgehead atoms. The van der Waals surface area contributed by atoms with Crippen LogP contribution in [0.5, 0.6) is 0 Å². The maximum absolute atomic E-state index is 12.3. The van der Waals surface area contributed by atoms with Crippen LogP contribution in [0.2, 0.25) is 0 Å². The molecule has 1 atom stereocenters. The van der Waals surface area contributed by atoms with E-state index in [4.69, 9.17) is 5.26 Å². The molecule has 1 saturated heterocycles. The van der Waals surface area contributed by atoms with Gasteiger partial charge in [0.05, 0.1) is 17.1 Å². The van der Waals surface area contributed by atoms with Crippen molar-refractivity contribution in [3.8, 4) is 6.07 Å². The molecule has 0 saturated carbocycles. The van der Waals surface area contributed by atoms with Gasteiger partial charge in [0.25, 0.3) is 5.56 Å². The van der Waals surface area contributed by atoms with E-state index in [2.05, 4.69) is 36.9 Å². The smallest absolute Gasteiger partial charge is 0.276 e. The standard InChI is InChI=1S/C23H22N6O/c24-15-16-1-4-18(5-2-16)28-9-11-29(12-10-28)19-6-3-17(13-19)20-14-21-22(23(30)27-20)26-8-7-25-21/h1-2,4-5,7-8,13-14,19H,3,6,9-12H2,(H,27,30). The summed E-state index contributed by atoms with van der Waals surface area (Å²) >= 11 is 0. The van der Waals surface area contributed by atoms with Crippen LogP contribution < -0.4 is 10.5 Å². The Bertz CT molecular complexity index is 1200. The van der Waals surface area contributed by atoms with Gasteiger partial charge in [0.1, 0.15) is 0 Å². The molecule has 5 rings (SSSR count). The average Bonchev–Trinajstić information content (AvgIpc) is 3.30. The van der Waals surface area contributed by atoms with Gasteiger partial charge in [-0.2, -0.15) is 5.26 Å². The Balaban J connectivity index is 1.28. The van der Waals surface area contributed by atoms with Crippen LogP contribution in [0.1, 0.15) is 24.1 Å². The highest BCUT2D eigenvalue weighted by Crippen LogP contribution is 2.30. The number of piperazine rings is 1. The Labute approximate surface area is 174 Å². The number of pyridine rings is 1. The zero-order chi connectivity index (χ0) is 20.5. The lowest BCUT2D eigenvalue weighted by Crippen LogP contribution is -2.49. The summed E-state index contributed by atoms with van der Waals surface area (Å²) in [6, 6.07) is 12.3. The van der Waals surface area contributed by atoms with Crippen LogP contribution in [0.15, 0.2) is 53.6 Å². The molecule has 7 heteroatoms. The van der Waals surface area contributed by atoms with Gasteiger partial charge in [-0.05, 0) is 48.7 Å². The topological polar surface area (TPSA) is 88.9 Å². The molecule has 1 aliphatic heterocycles. The van der Waals surface area contributed by atoms with Gasteiger partial charge in [-0.25, -0.2) is 4.98 Å². The predicted molar refractivity (Wildman–Crippen MR) is 116 cm³/mol. The number of H-pyrrole nitrogens is 1. The lowest BCUT2D eigenvalue weighted by Gasteiger charge is -2.38. The number of hydrogen-bond donors (Lipinski definition) is 1. The molecule has 1 unspecified atom stereocenters. The monoisotopic (exact) mass is 398 g/mol. The minimum atomic E-state index is -0.184. The first kappa shape index (κ1) is 18.5. The Morgan fingerprint density at radius 3 is 2.60 bits per heavy atom. The molecule has 1 aliphatic carbocycles. The maximum atomic E-state index is 12.3. The normalized spacial score (nSPS) is 19.6. The molecule has 3 aromatic rings. The van der Waals surface area contributed by atoms with Crippen molar-refractivity contribution < 1.29 is 0 Å². The van der Waals surface area contributed by atoms with Gasteiger partial charge in [0.15, 0.2) is 5.52 Å². The van der Waals surface area contributed by atoms with E-state index in [1.165, 1.54) is 11.3 Å². The van der Waals surface area contributed by atoms with Gasteiger partial charge >= 0.3 is 0 Å². The molecule has 0 radical (unpaired) electrons. The summed E-state index contributed by atoms with van der Waals surface area (Å²) in [7, 11) is 0. The Morgan fingerprint density at radius 1 is 1.07 bits per heavy atom. The average molecular weight is 398 g/mol. The zero-order valence-corrected chi connectivity index (χ0v) is 16.6. The highest BCUT2D eigenvalue weighted by Gasteiger charge is 2.27. The minimum Gasteiger partial charge on any atom is -0.369 e. The van der Waals surface area contributed by atoms with E-state index in [9.17, 15) is 4.79 Å². The van der Waals surface area contributed by atoms with Gasteiger partial charge in [0, 0.05) is 56.0 Å². The SMILES string of the molecule is N#Cc1ccc(N2CCN(C3C=C(c4cc5nccnc5c(=O)[nH]4)CC3)CC2)cc1. The van der Waals surface area contributed by atoms with Gasteiger partial charge in [-0.3, -0.25) is 14.7 Å². The highest BCUT2D eigenvalue weighted by molar-refractivity contribution is 5.78. The third-order valence-electron chi connectivity index (χ3n) is 6.06. The fourth-order valence-corrected chi connectivity index (χ4v) is 4.43. The molecule has 150 valence electrons. The maximum Gasteiger partial charge on any atom is 0.276 e. The molecule has 1 N–H and O–H groups in total. The first-order valence-corrected chi connectivity index (χ1v) is 10.3. The summed E-state index contributed by atoms with van der Waals surface area (Å²) in [5.41, 5.74) is 4.73. The molecule has 1 fully saturated rings. The van der Waals surface area contributed by atoms with Crippen LogP contribution in [0, 0.1) is 11.3 Å². The fraction of sp³-hybridized carbons (Fsp3) is 0.304.